The predicted octanol–water partition coefficient (Wildman–Crippen LogP) is 1.56. The van der Waals surface area contributed by atoms with Gasteiger partial charge in [0.1, 0.15) is 0 Å². The van der Waals surface area contributed by atoms with Crippen molar-refractivity contribution in [1.29, 1.82) is 0 Å². The Bertz CT molecular complexity index is 419. The molecule has 0 aromatic heterocycles. The Morgan fingerprint density at radius 2 is 2.11 bits per heavy atom. The van der Waals surface area contributed by atoms with Crippen LogP contribution in [0.5, 0.6) is 0 Å². The van der Waals surface area contributed by atoms with Crippen molar-refractivity contribution < 1.29 is 15.0 Å². The lowest BCUT2D eigenvalue weighted by Gasteiger charge is -2.31. The van der Waals surface area contributed by atoms with Crippen LogP contribution < -0.4 is 10.6 Å². The Morgan fingerprint density at radius 3 is 2.61 bits per heavy atom. The maximum absolute atomic E-state index is 11.2. The van der Waals surface area contributed by atoms with E-state index in [1.54, 1.807) is 18.2 Å². The molecule has 0 aliphatic heterocycles. The molecule has 0 fully saturated rings. The summed E-state index contributed by atoms with van der Waals surface area (Å²) in [5.74, 6) is -0.994. The monoisotopic (exact) mass is 252 g/mol. The van der Waals surface area contributed by atoms with Gasteiger partial charge in [-0.15, -0.1) is 0 Å². The summed E-state index contributed by atoms with van der Waals surface area (Å²) >= 11 is 0. The molecule has 0 bridgehead atoms. The molecule has 0 radical (unpaired) electrons. The molecule has 18 heavy (non-hydrogen) atoms. The Balaban J connectivity index is 3.21. The van der Waals surface area contributed by atoms with Crippen molar-refractivity contribution in [2.45, 2.75) is 26.3 Å². The second-order valence-electron chi connectivity index (χ2n) is 4.41. The van der Waals surface area contributed by atoms with Crippen LogP contribution in [0.2, 0.25) is 0 Å². The average molecular weight is 252 g/mol. The highest BCUT2D eigenvalue weighted by Gasteiger charge is 2.20. The molecule has 0 spiro atoms. The first kappa shape index (κ1) is 14.3. The molecule has 0 amide bonds. The number of carboxylic acids is 1. The highest BCUT2D eigenvalue weighted by Crippen LogP contribution is 2.29. The van der Waals surface area contributed by atoms with Crippen LogP contribution in [0.3, 0.4) is 0 Å². The number of rotatable bonds is 6. The smallest absolute Gasteiger partial charge is 0.337 e. The van der Waals surface area contributed by atoms with E-state index in [-0.39, 0.29) is 18.2 Å². The zero-order valence-corrected chi connectivity index (χ0v) is 10.8. The number of nitrogens with two attached hydrogens (primary N) is 1. The fraction of sp³-hybridized carbons (Fsp3) is 0.462. The van der Waals surface area contributed by atoms with E-state index in [9.17, 15) is 9.90 Å². The standard InChI is InChI=1S/C13H20N2O3/c1-9(2)15(7-4-8-16)12-10(13(17)18)5-3-6-11(12)14/h3,5-6,9,16H,4,7-8,14H2,1-2H3,(H,17,18). The summed E-state index contributed by atoms with van der Waals surface area (Å²) in [4.78, 5) is 13.2. The summed E-state index contributed by atoms with van der Waals surface area (Å²) in [6.45, 7) is 4.58. The van der Waals surface area contributed by atoms with Crippen LogP contribution in [0.4, 0.5) is 11.4 Å². The van der Waals surface area contributed by atoms with Gasteiger partial charge >= 0.3 is 5.97 Å². The first-order valence-electron chi connectivity index (χ1n) is 5.98. The minimum atomic E-state index is -0.994. The number of aromatic carboxylic acids is 1. The molecule has 1 rings (SSSR count). The molecule has 100 valence electrons. The third kappa shape index (κ3) is 3.13. The van der Waals surface area contributed by atoms with Gasteiger partial charge in [-0.2, -0.15) is 0 Å². The summed E-state index contributed by atoms with van der Waals surface area (Å²) in [5, 5.41) is 18.1. The van der Waals surface area contributed by atoms with Gasteiger partial charge in [-0.1, -0.05) is 6.07 Å². The molecular weight excluding hydrogens is 232 g/mol. The van der Waals surface area contributed by atoms with E-state index in [2.05, 4.69) is 0 Å². The largest absolute Gasteiger partial charge is 0.478 e. The van der Waals surface area contributed by atoms with Crippen molar-refractivity contribution >= 4 is 17.3 Å². The molecule has 1 aromatic carbocycles. The molecule has 0 atom stereocenters. The predicted molar refractivity (Wildman–Crippen MR) is 72.0 cm³/mol. The maximum Gasteiger partial charge on any atom is 0.337 e. The molecule has 5 nitrogen and oxygen atoms in total. The van der Waals surface area contributed by atoms with Gasteiger partial charge in [0, 0.05) is 19.2 Å². The van der Waals surface area contributed by atoms with Crippen LogP contribution in [0, 0.1) is 0 Å². The van der Waals surface area contributed by atoms with Crippen molar-refractivity contribution in [3.05, 3.63) is 23.8 Å². The zero-order valence-electron chi connectivity index (χ0n) is 10.8. The van der Waals surface area contributed by atoms with Gasteiger partial charge in [-0.25, -0.2) is 4.79 Å². The molecule has 0 aliphatic rings. The van der Waals surface area contributed by atoms with Crippen LogP contribution in [0.15, 0.2) is 18.2 Å². The molecule has 0 saturated carbocycles. The minimum absolute atomic E-state index is 0.0678. The van der Waals surface area contributed by atoms with Crippen LogP contribution >= 0.6 is 0 Å². The molecular formula is C13H20N2O3. The number of aliphatic hydroxyl groups is 1. The van der Waals surface area contributed by atoms with Crippen molar-refractivity contribution in [2.24, 2.45) is 0 Å². The Labute approximate surface area is 107 Å². The number of anilines is 2. The van der Waals surface area contributed by atoms with Gasteiger partial charge in [-0.05, 0) is 32.4 Å². The summed E-state index contributed by atoms with van der Waals surface area (Å²) in [6.07, 6.45) is 0.575. The second-order valence-corrected chi connectivity index (χ2v) is 4.41. The summed E-state index contributed by atoms with van der Waals surface area (Å²) < 4.78 is 0. The maximum atomic E-state index is 11.2. The van der Waals surface area contributed by atoms with Crippen molar-refractivity contribution in [3.8, 4) is 0 Å². The van der Waals surface area contributed by atoms with Gasteiger partial charge in [0.15, 0.2) is 0 Å². The lowest BCUT2D eigenvalue weighted by atomic mass is 10.1. The number of aliphatic hydroxyl groups excluding tert-OH is 1. The Hall–Kier alpha value is -1.75. The lowest BCUT2D eigenvalue weighted by molar-refractivity contribution is 0.0697. The SMILES string of the molecule is CC(C)N(CCCO)c1c(N)cccc1C(=O)O. The number of nitrogen functional groups attached to an aromatic ring is 1. The number of nitrogens with zero attached hydrogens (tertiary/aromatic N) is 1. The lowest BCUT2D eigenvalue weighted by Crippen LogP contribution is -2.34. The van der Waals surface area contributed by atoms with Gasteiger partial charge in [0.2, 0.25) is 0 Å². The number of para-hydroxylation sites is 1. The molecule has 0 saturated heterocycles. The zero-order chi connectivity index (χ0) is 13.7. The number of hydrogen-bond donors (Lipinski definition) is 3. The quantitative estimate of drug-likeness (QED) is 0.669. The summed E-state index contributed by atoms with van der Waals surface area (Å²) in [6, 6.07) is 4.98. The van der Waals surface area contributed by atoms with Crippen molar-refractivity contribution in [1.82, 2.24) is 0 Å². The number of carbonyl (C=O) groups is 1. The van der Waals surface area contributed by atoms with E-state index in [1.807, 2.05) is 18.7 Å². The Morgan fingerprint density at radius 1 is 1.44 bits per heavy atom. The van der Waals surface area contributed by atoms with Crippen molar-refractivity contribution in [2.75, 3.05) is 23.8 Å². The first-order chi connectivity index (χ1) is 8.49. The minimum Gasteiger partial charge on any atom is -0.478 e. The number of hydrogen-bond acceptors (Lipinski definition) is 4. The fourth-order valence-corrected chi connectivity index (χ4v) is 1.92. The van der Waals surface area contributed by atoms with Gasteiger partial charge in [0.25, 0.3) is 0 Å². The highest BCUT2D eigenvalue weighted by molar-refractivity contribution is 5.98. The molecule has 4 N–H and O–H groups in total. The number of carboxylic acid groups (broad SMARTS) is 1. The molecule has 1 aromatic rings. The van der Waals surface area contributed by atoms with Gasteiger partial charge in [0.05, 0.1) is 16.9 Å². The molecule has 0 aliphatic carbocycles. The average Bonchev–Trinajstić information content (AvgIpc) is 2.30. The van der Waals surface area contributed by atoms with Gasteiger partial charge in [-0.3, -0.25) is 0 Å². The third-order valence-electron chi connectivity index (χ3n) is 2.77. The summed E-state index contributed by atoms with van der Waals surface area (Å²) in [7, 11) is 0. The second kappa shape index (κ2) is 6.26. The topological polar surface area (TPSA) is 86.8 Å². The van der Waals surface area contributed by atoms with E-state index in [4.69, 9.17) is 10.8 Å². The number of benzene rings is 1. The molecule has 0 heterocycles. The van der Waals surface area contributed by atoms with E-state index in [0.29, 0.717) is 24.3 Å². The van der Waals surface area contributed by atoms with E-state index in [1.165, 1.54) is 0 Å². The summed E-state index contributed by atoms with van der Waals surface area (Å²) in [5.41, 5.74) is 7.08. The van der Waals surface area contributed by atoms with Crippen molar-refractivity contribution in [3.63, 3.8) is 0 Å². The van der Waals surface area contributed by atoms with E-state index in [0.717, 1.165) is 0 Å². The van der Waals surface area contributed by atoms with Crippen LogP contribution in [0.25, 0.3) is 0 Å². The van der Waals surface area contributed by atoms with Crippen LogP contribution in [-0.2, 0) is 0 Å². The van der Waals surface area contributed by atoms with E-state index < -0.39 is 5.97 Å². The van der Waals surface area contributed by atoms with Gasteiger partial charge < -0.3 is 20.8 Å². The molecule has 5 heteroatoms. The Kier molecular flexibility index (Phi) is 4.97. The third-order valence-corrected chi connectivity index (χ3v) is 2.77. The van der Waals surface area contributed by atoms with Crippen LogP contribution in [-0.4, -0.2) is 35.4 Å². The van der Waals surface area contributed by atoms with Crippen LogP contribution in [0.1, 0.15) is 30.6 Å². The van der Waals surface area contributed by atoms with E-state index >= 15 is 0 Å². The molecule has 0 unspecified atom stereocenters. The fourth-order valence-electron chi connectivity index (χ4n) is 1.92. The highest BCUT2D eigenvalue weighted by atomic mass is 16.4. The normalized spacial score (nSPS) is 10.7. The first-order valence-corrected chi connectivity index (χ1v) is 5.98.